The maximum Gasteiger partial charge on any atom is 0.273 e. The molecular formula is C16H19N5O3S. The Labute approximate surface area is 149 Å². The first-order chi connectivity index (χ1) is 12.1. The molecule has 3 rings (SSSR count). The zero-order chi connectivity index (χ0) is 17.6. The van der Waals surface area contributed by atoms with Gasteiger partial charge in [0.2, 0.25) is 5.91 Å². The number of rotatable bonds is 5. The summed E-state index contributed by atoms with van der Waals surface area (Å²) in [6.45, 7) is 4.79. The lowest BCUT2D eigenvalue weighted by Gasteiger charge is -2.28. The van der Waals surface area contributed by atoms with Gasteiger partial charge < -0.3 is 15.0 Å². The molecule has 132 valence electrons. The van der Waals surface area contributed by atoms with Crippen molar-refractivity contribution in [2.24, 2.45) is 0 Å². The highest BCUT2D eigenvalue weighted by molar-refractivity contribution is 7.99. The summed E-state index contributed by atoms with van der Waals surface area (Å²) < 4.78 is 5.34. The molecule has 2 heterocycles. The molecule has 1 saturated heterocycles. The van der Waals surface area contributed by atoms with E-state index in [2.05, 4.69) is 25.4 Å². The molecule has 0 radical (unpaired) electrons. The van der Waals surface area contributed by atoms with Crippen molar-refractivity contribution in [3.8, 4) is 0 Å². The van der Waals surface area contributed by atoms with Gasteiger partial charge >= 0.3 is 0 Å². The molecule has 0 unspecified atom stereocenters. The summed E-state index contributed by atoms with van der Waals surface area (Å²) in [5, 5.41) is 10.7. The fourth-order valence-electron chi connectivity index (χ4n) is 2.35. The summed E-state index contributed by atoms with van der Waals surface area (Å²) in [4.78, 5) is 28.3. The molecule has 0 saturated carbocycles. The van der Waals surface area contributed by atoms with Gasteiger partial charge in [0.1, 0.15) is 5.69 Å². The number of H-pyrrole nitrogens is 1. The number of aromatic nitrogens is 3. The maximum atomic E-state index is 12.0. The van der Waals surface area contributed by atoms with Crippen LogP contribution in [0.1, 0.15) is 5.69 Å². The number of hydrogen-bond donors (Lipinski definition) is 2. The lowest BCUT2D eigenvalue weighted by atomic mass is 10.2. The molecular weight excluding hydrogens is 342 g/mol. The number of aromatic amines is 1. The van der Waals surface area contributed by atoms with E-state index in [0.717, 1.165) is 49.4 Å². The van der Waals surface area contributed by atoms with E-state index in [-0.39, 0.29) is 17.2 Å². The maximum absolute atomic E-state index is 12.0. The standard InChI is InChI=1S/C16H19N5O3S/c1-11-15(23)18-16(20-19-11)25-10-14(22)17-12-2-4-13(5-3-12)21-6-8-24-9-7-21/h2-5H,6-10H2,1H3,(H,17,22)(H,18,20,23). The number of aryl methyl sites for hydroxylation is 1. The third kappa shape index (κ3) is 4.80. The summed E-state index contributed by atoms with van der Waals surface area (Å²) in [7, 11) is 0. The van der Waals surface area contributed by atoms with Crippen molar-refractivity contribution in [1.29, 1.82) is 0 Å². The van der Waals surface area contributed by atoms with Crippen molar-refractivity contribution in [3.05, 3.63) is 40.3 Å². The Kier molecular flexibility index (Phi) is 5.67. The average Bonchev–Trinajstić information content (AvgIpc) is 2.64. The first kappa shape index (κ1) is 17.4. The number of anilines is 2. The van der Waals surface area contributed by atoms with Gasteiger partial charge in [-0.05, 0) is 31.2 Å². The molecule has 9 heteroatoms. The van der Waals surface area contributed by atoms with E-state index >= 15 is 0 Å². The molecule has 2 aromatic rings. The number of benzene rings is 1. The topological polar surface area (TPSA) is 100 Å². The molecule has 1 aromatic carbocycles. The molecule has 2 N–H and O–H groups in total. The Morgan fingerprint density at radius 2 is 2.00 bits per heavy atom. The summed E-state index contributed by atoms with van der Waals surface area (Å²) in [6, 6.07) is 7.72. The molecule has 1 aliphatic heterocycles. The van der Waals surface area contributed by atoms with Crippen molar-refractivity contribution < 1.29 is 9.53 Å². The monoisotopic (exact) mass is 361 g/mol. The van der Waals surface area contributed by atoms with Crippen molar-refractivity contribution >= 4 is 29.0 Å². The Bertz CT molecular complexity index is 787. The van der Waals surface area contributed by atoms with Crippen molar-refractivity contribution in [2.75, 3.05) is 42.3 Å². The smallest absolute Gasteiger partial charge is 0.273 e. The van der Waals surface area contributed by atoms with E-state index in [4.69, 9.17) is 4.74 Å². The number of amides is 1. The van der Waals surface area contributed by atoms with Crippen molar-refractivity contribution in [1.82, 2.24) is 15.2 Å². The number of thioether (sulfide) groups is 1. The van der Waals surface area contributed by atoms with Crippen LogP contribution in [-0.2, 0) is 9.53 Å². The van der Waals surface area contributed by atoms with Crippen LogP contribution >= 0.6 is 11.8 Å². The predicted molar refractivity (Wildman–Crippen MR) is 96.2 cm³/mol. The molecule has 1 aliphatic rings. The molecule has 0 atom stereocenters. The number of hydrogen-bond acceptors (Lipinski definition) is 7. The third-order valence-electron chi connectivity index (χ3n) is 3.71. The Hall–Kier alpha value is -2.39. The molecule has 1 fully saturated rings. The lowest BCUT2D eigenvalue weighted by molar-refractivity contribution is -0.113. The van der Waals surface area contributed by atoms with Gasteiger partial charge in [-0.3, -0.25) is 14.6 Å². The molecule has 1 amide bonds. The molecule has 25 heavy (non-hydrogen) atoms. The molecule has 8 nitrogen and oxygen atoms in total. The predicted octanol–water partition coefficient (Wildman–Crippen LogP) is 1.04. The average molecular weight is 361 g/mol. The number of nitrogens with zero attached hydrogens (tertiary/aromatic N) is 3. The SMILES string of the molecule is Cc1nnc(SCC(=O)Nc2ccc(N3CCOCC3)cc2)[nH]c1=O. The first-order valence-electron chi connectivity index (χ1n) is 7.91. The summed E-state index contributed by atoms with van der Waals surface area (Å²) >= 11 is 1.13. The fraction of sp³-hybridized carbons (Fsp3) is 0.375. The van der Waals surface area contributed by atoms with Crippen LogP contribution in [0.4, 0.5) is 11.4 Å². The summed E-state index contributed by atoms with van der Waals surface area (Å²) in [6.07, 6.45) is 0. The van der Waals surface area contributed by atoms with Crippen LogP contribution < -0.4 is 15.8 Å². The summed E-state index contributed by atoms with van der Waals surface area (Å²) in [5.74, 6) is -0.0360. The Morgan fingerprint density at radius 1 is 1.28 bits per heavy atom. The van der Waals surface area contributed by atoms with Gasteiger partial charge in [-0.1, -0.05) is 11.8 Å². The largest absolute Gasteiger partial charge is 0.378 e. The molecule has 0 spiro atoms. The second-order valence-electron chi connectivity index (χ2n) is 5.53. The van der Waals surface area contributed by atoms with E-state index in [1.807, 2.05) is 24.3 Å². The minimum absolute atomic E-state index is 0.138. The minimum atomic E-state index is -0.295. The third-order valence-corrected chi connectivity index (χ3v) is 4.57. The van der Waals surface area contributed by atoms with Gasteiger partial charge in [0.25, 0.3) is 5.56 Å². The lowest BCUT2D eigenvalue weighted by Crippen LogP contribution is -2.36. The number of ether oxygens (including phenoxy) is 1. The molecule has 0 aliphatic carbocycles. The van der Waals surface area contributed by atoms with Gasteiger partial charge in [0, 0.05) is 24.5 Å². The minimum Gasteiger partial charge on any atom is -0.378 e. The number of morpholine rings is 1. The number of nitrogens with one attached hydrogen (secondary N) is 2. The quantitative estimate of drug-likeness (QED) is 0.768. The highest BCUT2D eigenvalue weighted by Gasteiger charge is 2.11. The van der Waals surface area contributed by atoms with Crippen LogP contribution in [0.5, 0.6) is 0 Å². The zero-order valence-corrected chi connectivity index (χ0v) is 14.6. The van der Waals surface area contributed by atoms with Gasteiger partial charge in [0.05, 0.1) is 19.0 Å². The normalized spacial score (nSPS) is 14.4. The molecule has 1 aromatic heterocycles. The Balaban J connectivity index is 1.52. The van der Waals surface area contributed by atoms with Crippen LogP contribution in [0.25, 0.3) is 0 Å². The summed E-state index contributed by atoms with van der Waals surface area (Å²) in [5.41, 5.74) is 1.85. The van der Waals surface area contributed by atoms with Crippen molar-refractivity contribution in [2.45, 2.75) is 12.1 Å². The van der Waals surface area contributed by atoms with E-state index in [9.17, 15) is 9.59 Å². The van der Waals surface area contributed by atoms with E-state index < -0.39 is 0 Å². The van der Waals surface area contributed by atoms with E-state index in [1.54, 1.807) is 6.92 Å². The van der Waals surface area contributed by atoms with Gasteiger partial charge in [-0.15, -0.1) is 10.2 Å². The van der Waals surface area contributed by atoms with Crippen molar-refractivity contribution in [3.63, 3.8) is 0 Å². The van der Waals surface area contributed by atoms with E-state index in [0.29, 0.717) is 10.9 Å². The van der Waals surface area contributed by atoms with E-state index in [1.165, 1.54) is 0 Å². The van der Waals surface area contributed by atoms with Crippen LogP contribution in [0, 0.1) is 6.92 Å². The highest BCUT2D eigenvalue weighted by atomic mass is 32.2. The second kappa shape index (κ2) is 8.13. The molecule has 0 bridgehead atoms. The van der Waals surface area contributed by atoms with Gasteiger partial charge in [-0.25, -0.2) is 0 Å². The Morgan fingerprint density at radius 3 is 2.68 bits per heavy atom. The highest BCUT2D eigenvalue weighted by Crippen LogP contribution is 2.19. The zero-order valence-electron chi connectivity index (χ0n) is 13.8. The number of carbonyl (C=O) groups excluding carboxylic acids is 1. The van der Waals surface area contributed by atoms with Crippen LogP contribution in [0.2, 0.25) is 0 Å². The van der Waals surface area contributed by atoms with Crippen LogP contribution in [-0.4, -0.2) is 53.1 Å². The van der Waals surface area contributed by atoms with Gasteiger partial charge in [-0.2, -0.15) is 0 Å². The second-order valence-corrected chi connectivity index (χ2v) is 6.49. The van der Waals surface area contributed by atoms with Crippen LogP contribution in [0.15, 0.2) is 34.2 Å². The fourth-order valence-corrected chi connectivity index (χ4v) is 2.95. The number of carbonyl (C=O) groups is 1. The van der Waals surface area contributed by atoms with Gasteiger partial charge in [0.15, 0.2) is 5.16 Å². The van der Waals surface area contributed by atoms with Crippen LogP contribution in [0.3, 0.4) is 0 Å². The first-order valence-corrected chi connectivity index (χ1v) is 8.89.